The van der Waals surface area contributed by atoms with Crippen LogP contribution in [0.1, 0.15) is 32.1 Å². The number of rotatable bonds is 5. The minimum atomic E-state index is -0.0819. The summed E-state index contributed by atoms with van der Waals surface area (Å²) in [5.74, 6) is 0.529. The Labute approximate surface area is 154 Å². The number of carbonyl (C=O) groups excluding carboxylic acids is 2. The van der Waals surface area contributed by atoms with Gasteiger partial charge in [0.05, 0.1) is 5.69 Å². The van der Waals surface area contributed by atoms with E-state index in [-0.39, 0.29) is 24.6 Å². The summed E-state index contributed by atoms with van der Waals surface area (Å²) in [5.41, 5.74) is 1.40. The lowest BCUT2D eigenvalue weighted by Crippen LogP contribution is -2.46. The second kappa shape index (κ2) is 8.40. The molecule has 0 spiro atoms. The Morgan fingerprint density at radius 2 is 2.23 bits per heavy atom. The summed E-state index contributed by atoms with van der Waals surface area (Å²) in [6.45, 7) is 1.52. The summed E-state index contributed by atoms with van der Waals surface area (Å²) in [5, 5.41) is 2.98. The van der Waals surface area contributed by atoms with Crippen molar-refractivity contribution >= 4 is 23.3 Å². The molecule has 0 saturated carbocycles. The van der Waals surface area contributed by atoms with E-state index in [1.807, 2.05) is 4.90 Å². The first-order valence-corrected chi connectivity index (χ1v) is 9.20. The van der Waals surface area contributed by atoms with Gasteiger partial charge in [-0.05, 0) is 44.2 Å². The molecule has 0 unspecified atom stereocenters. The highest BCUT2D eigenvalue weighted by molar-refractivity contribution is 5.98. The van der Waals surface area contributed by atoms with Crippen molar-refractivity contribution in [3.05, 3.63) is 18.2 Å². The van der Waals surface area contributed by atoms with Gasteiger partial charge in [0.2, 0.25) is 0 Å². The number of carbonyl (C=O) groups is 2. The normalized spacial score (nSPS) is 19.8. The molecule has 3 amide bonds. The monoisotopic (exact) mass is 361 g/mol. The van der Waals surface area contributed by atoms with Crippen molar-refractivity contribution in [1.29, 1.82) is 0 Å². The molecular weight excluding hydrogens is 334 g/mol. The van der Waals surface area contributed by atoms with Crippen LogP contribution in [-0.4, -0.2) is 56.8 Å². The largest absolute Gasteiger partial charge is 0.481 e. The van der Waals surface area contributed by atoms with Gasteiger partial charge in [-0.1, -0.05) is 0 Å². The zero-order valence-electron chi connectivity index (χ0n) is 15.5. The number of nitrogens with one attached hydrogen (secondary N) is 1. The van der Waals surface area contributed by atoms with E-state index >= 15 is 0 Å². The van der Waals surface area contributed by atoms with E-state index in [1.54, 1.807) is 37.3 Å². The van der Waals surface area contributed by atoms with Crippen LogP contribution in [0, 0.1) is 0 Å². The van der Waals surface area contributed by atoms with Gasteiger partial charge in [0.25, 0.3) is 5.91 Å². The third-order valence-corrected chi connectivity index (χ3v) is 5.07. The number of urea groups is 1. The molecule has 0 aromatic heterocycles. The predicted octanol–water partition coefficient (Wildman–Crippen LogP) is 2.85. The molecule has 0 radical (unpaired) electrons. The van der Waals surface area contributed by atoms with Crippen LogP contribution in [0.4, 0.5) is 16.2 Å². The highest BCUT2D eigenvalue weighted by Gasteiger charge is 2.27. The van der Waals surface area contributed by atoms with Gasteiger partial charge in [0.1, 0.15) is 5.75 Å². The number of piperidine rings is 1. The van der Waals surface area contributed by atoms with Crippen LogP contribution in [-0.2, 0) is 9.53 Å². The molecule has 26 heavy (non-hydrogen) atoms. The summed E-state index contributed by atoms with van der Waals surface area (Å²) in [6.07, 6.45) is 5.15. The SMILES string of the molecule is COCCC[C@H]1CCCCN1C(=O)Nc1ccc2c(c1)OCC(=O)N2C. The minimum absolute atomic E-state index is 0.0224. The maximum atomic E-state index is 12.8. The van der Waals surface area contributed by atoms with E-state index in [0.29, 0.717) is 11.4 Å². The number of likely N-dealkylation sites (tertiary alicyclic amines) is 1. The molecule has 3 rings (SSSR count). The minimum Gasteiger partial charge on any atom is -0.481 e. The molecule has 1 aromatic carbocycles. The second-order valence-corrected chi connectivity index (χ2v) is 6.83. The number of amides is 3. The van der Waals surface area contributed by atoms with E-state index in [0.717, 1.165) is 50.9 Å². The van der Waals surface area contributed by atoms with Crippen LogP contribution < -0.4 is 15.0 Å². The first-order chi connectivity index (χ1) is 12.6. The van der Waals surface area contributed by atoms with Gasteiger partial charge in [-0.25, -0.2) is 4.79 Å². The third-order valence-electron chi connectivity index (χ3n) is 5.07. The molecule has 2 aliphatic heterocycles. The molecule has 7 heteroatoms. The first-order valence-electron chi connectivity index (χ1n) is 9.20. The maximum Gasteiger partial charge on any atom is 0.322 e. The first kappa shape index (κ1) is 18.5. The second-order valence-electron chi connectivity index (χ2n) is 6.83. The molecular formula is C19H27N3O4. The number of hydrogen-bond acceptors (Lipinski definition) is 4. The maximum absolute atomic E-state index is 12.8. The summed E-state index contributed by atoms with van der Waals surface area (Å²) < 4.78 is 10.6. The van der Waals surface area contributed by atoms with E-state index in [4.69, 9.17) is 9.47 Å². The number of methoxy groups -OCH3 is 1. The van der Waals surface area contributed by atoms with Crippen LogP contribution in [0.5, 0.6) is 5.75 Å². The molecule has 7 nitrogen and oxygen atoms in total. The molecule has 2 aliphatic rings. The van der Waals surface area contributed by atoms with Crippen molar-refractivity contribution in [3.63, 3.8) is 0 Å². The average Bonchev–Trinajstić information content (AvgIpc) is 2.65. The van der Waals surface area contributed by atoms with Crippen LogP contribution in [0.3, 0.4) is 0 Å². The zero-order chi connectivity index (χ0) is 18.5. The Balaban J connectivity index is 1.66. The number of nitrogens with zero attached hydrogens (tertiary/aromatic N) is 2. The van der Waals surface area contributed by atoms with Gasteiger partial charge >= 0.3 is 6.03 Å². The van der Waals surface area contributed by atoms with Crippen molar-refractivity contribution in [2.24, 2.45) is 0 Å². The van der Waals surface area contributed by atoms with E-state index in [2.05, 4.69) is 5.32 Å². The molecule has 0 aliphatic carbocycles. The highest BCUT2D eigenvalue weighted by atomic mass is 16.5. The lowest BCUT2D eigenvalue weighted by atomic mass is 9.98. The van der Waals surface area contributed by atoms with Gasteiger partial charge in [0.15, 0.2) is 6.61 Å². The Kier molecular flexibility index (Phi) is 5.98. The predicted molar refractivity (Wildman–Crippen MR) is 99.8 cm³/mol. The highest BCUT2D eigenvalue weighted by Crippen LogP contribution is 2.34. The van der Waals surface area contributed by atoms with E-state index < -0.39 is 0 Å². The fourth-order valence-electron chi connectivity index (χ4n) is 3.58. The molecule has 1 N–H and O–H groups in total. The van der Waals surface area contributed by atoms with Crippen LogP contribution in [0.15, 0.2) is 18.2 Å². The molecule has 1 aromatic rings. The van der Waals surface area contributed by atoms with Crippen molar-refractivity contribution in [2.45, 2.75) is 38.1 Å². The van der Waals surface area contributed by atoms with Crippen molar-refractivity contribution in [3.8, 4) is 5.75 Å². The lowest BCUT2D eigenvalue weighted by Gasteiger charge is -2.36. The van der Waals surface area contributed by atoms with Crippen LogP contribution in [0.2, 0.25) is 0 Å². The molecule has 0 bridgehead atoms. The van der Waals surface area contributed by atoms with E-state index in [1.165, 1.54) is 0 Å². The lowest BCUT2D eigenvalue weighted by molar-refractivity contribution is -0.120. The molecule has 142 valence electrons. The summed E-state index contributed by atoms with van der Waals surface area (Å²) >= 11 is 0. The number of hydrogen-bond donors (Lipinski definition) is 1. The van der Waals surface area contributed by atoms with Gasteiger partial charge in [-0.2, -0.15) is 0 Å². The molecule has 1 atom stereocenters. The number of anilines is 2. The Morgan fingerprint density at radius 3 is 3.04 bits per heavy atom. The third kappa shape index (κ3) is 4.09. The van der Waals surface area contributed by atoms with Gasteiger partial charge < -0.3 is 24.6 Å². The summed E-state index contributed by atoms with van der Waals surface area (Å²) in [6, 6.07) is 5.57. The van der Waals surface area contributed by atoms with Gasteiger partial charge in [-0.3, -0.25) is 4.79 Å². The van der Waals surface area contributed by atoms with Gasteiger partial charge in [-0.15, -0.1) is 0 Å². The van der Waals surface area contributed by atoms with Crippen molar-refractivity contribution in [2.75, 3.05) is 44.1 Å². The number of ether oxygens (including phenoxy) is 2. The molecule has 1 saturated heterocycles. The van der Waals surface area contributed by atoms with Crippen LogP contribution in [0.25, 0.3) is 0 Å². The van der Waals surface area contributed by atoms with Gasteiger partial charge in [0, 0.05) is 45.1 Å². The average molecular weight is 361 g/mol. The Hall–Kier alpha value is -2.28. The smallest absolute Gasteiger partial charge is 0.322 e. The zero-order valence-corrected chi connectivity index (χ0v) is 15.5. The quantitative estimate of drug-likeness (QED) is 0.819. The number of likely N-dealkylation sites (N-methyl/N-ethyl adjacent to an activating group) is 1. The Morgan fingerprint density at radius 1 is 1.38 bits per heavy atom. The number of benzene rings is 1. The van der Waals surface area contributed by atoms with Crippen LogP contribution >= 0.6 is 0 Å². The van der Waals surface area contributed by atoms with E-state index in [9.17, 15) is 9.59 Å². The number of fused-ring (bicyclic) bond motifs is 1. The molecule has 1 fully saturated rings. The summed E-state index contributed by atoms with van der Waals surface area (Å²) in [7, 11) is 3.43. The fourth-order valence-corrected chi connectivity index (χ4v) is 3.58. The molecule has 2 heterocycles. The summed E-state index contributed by atoms with van der Waals surface area (Å²) in [4.78, 5) is 28.0. The van der Waals surface area contributed by atoms with Crippen molar-refractivity contribution in [1.82, 2.24) is 4.90 Å². The topological polar surface area (TPSA) is 71.1 Å². The van der Waals surface area contributed by atoms with Crippen molar-refractivity contribution < 1.29 is 19.1 Å². The fraction of sp³-hybridized carbons (Fsp3) is 0.579. The standard InChI is InChI=1S/C19H27N3O4/c1-21-16-9-8-14(12-17(16)26-13-18(21)23)20-19(24)22-10-4-3-6-15(22)7-5-11-25-2/h8-9,12,15H,3-7,10-11,13H2,1-2H3,(H,20,24)/t15-/m1/s1. The Bertz CT molecular complexity index is 664.